The highest BCUT2D eigenvalue weighted by molar-refractivity contribution is 5.90. The van der Waals surface area contributed by atoms with Crippen LogP contribution in [0, 0.1) is 0 Å². The number of anilines is 1. The van der Waals surface area contributed by atoms with Gasteiger partial charge in [0.05, 0.1) is 0 Å². The maximum atomic E-state index is 11.5. The molecule has 0 fully saturated rings. The Morgan fingerprint density at radius 2 is 2.13 bits per heavy atom. The van der Waals surface area contributed by atoms with Gasteiger partial charge in [-0.1, -0.05) is 18.2 Å². The molecule has 0 bridgehead atoms. The van der Waals surface area contributed by atoms with Crippen LogP contribution in [0.4, 0.5) is 5.69 Å². The predicted molar refractivity (Wildman–Crippen MR) is 52.9 cm³/mol. The molecule has 0 spiro atoms. The van der Waals surface area contributed by atoms with Crippen molar-refractivity contribution in [3.8, 4) is 0 Å². The van der Waals surface area contributed by atoms with Crippen molar-refractivity contribution >= 4 is 11.6 Å². The third kappa shape index (κ3) is 2.60. The number of para-hydroxylation sites is 1. The normalized spacial score (nSPS) is 9.87. The average Bonchev–Trinajstić information content (AvgIpc) is 2.71. The molecule has 76 valence electrons. The number of nitrogens with zero attached hydrogens (tertiary/aromatic N) is 4. The van der Waals surface area contributed by atoms with Gasteiger partial charge in [-0.3, -0.25) is 4.79 Å². The van der Waals surface area contributed by atoms with E-state index in [1.54, 1.807) is 0 Å². The van der Waals surface area contributed by atoms with Crippen LogP contribution >= 0.6 is 0 Å². The van der Waals surface area contributed by atoms with E-state index in [0.717, 1.165) is 5.69 Å². The second kappa shape index (κ2) is 4.32. The molecule has 15 heavy (non-hydrogen) atoms. The summed E-state index contributed by atoms with van der Waals surface area (Å²) in [7, 11) is 0. The highest BCUT2D eigenvalue weighted by atomic mass is 16.2. The first-order valence-corrected chi connectivity index (χ1v) is 4.40. The van der Waals surface area contributed by atoms with Crippen LogP contribution in [0.25, 0.3) is 0 Å². The number of hydrogen-bond acceptors (Lipinski definition) is 4. The average molecular weight is 203 g/mol. The minimum Gasteiger partial charge on any atom is -0.324 e. The van der Waals surface area contributed by atoms with Crippen molar-refractivity contribution in [2.45, 2.75) is 6.54 Å². The number of nitrogens with one attached hydrogen (secondary N) is 1. The first-order chi connectivity index (χ1) is 7.34. The maximum absolute atomic E-state index is 11.5. The van der Waals surface area contributed by atoms with Gasteiger partial charge in [0, 0.05) is 5.69 Å². The Morgan fingerprint density at radius 3 is 2.80 bits per heavy atom. The lowest BCUT2D eigenvalue weighted by Gasteiger charge is -2.03. The van der Waals surface area contributed by atoms with Gasteiger partial charge in [-0.05, 0) is 22.6 Å². The summed E-state index contributed by atoms with van der Waals surface area (Å²) in [5, 5.41) is 13.2. The van der Waals surface area contributed by atoms with Crippen molar-refractivity contribution in [1.82, 2.24) is 20.2 Å². The van der Waals surface area contributed by atoms with Gasteiger partial charge >= 0.3 is 0 Å². The molecule has 0 atom stereocenters. The molecule has 1 aromatic heterocycles. The summed E-state index contributed by atoms with van der Waals surface area (Å²) in [5.41, 5.74) is 0.760. The fourth-order valence-electron chi connectivity index (χ4n) is 1.12. The monoisotopic (exact) mass is 203 g/mol. The number of carbonyl (C=O) groups excluding carboxylic acids is 1. The maximum Gasteiger partial charge on any atom is 0.246 e. The Balaban J connectivity index is 1.94. The number of benzene rings is 1. The molecule has 0 saturated carbocycles. The van der Waals surface area contributed by atoms with E-state index in [2.05, 4.69) is 20.8 Å². The highest BCUT2D eigenvalue weighted by Crippen LogP contribution is 2.04. The van der Waals surface area contributed by atoms with E-state index in [4.69, 9.17) is 0 Å². The zero-order valence-corrected chi connectivity index (χ0v) is 7.87. The van der Waals surface area contributed by atoms with Crippen molar-refractivity contribution in [2.75, 3.05) is 5.32 Å². The lowest BCUT2D eigenvalue weighted by molar-refractivity contribution is -0.116. The van der Waals surface area contributed by atoms with E-state index in [1.165, 1.54) is 11.0 Å². The molecule has 6 nitrogen and oxygen atoms in total. The molecule has 0 aliphatic rings. The molecule has 1 aromatic carbocycles. The van der Waals surface area contributed by atoms with Crippen molar-refractivity contribution in [2.24, 2.45) is 0 Å². The molecule has 2 aromatic rings. The van der Waals surface area contributed by atoms with Crippen LogP contribution in [0.15, 0.2) is 36.7 Å². The van der Waals surface area contributed by atoms with Crippen molar-refractivity contribution in [1.29, 1.82) is 0 Å². The van der Waals surface area contributed by atoms with Crippen LogP contribution in [0.2, 0.25) is 0 Å². The van der Waals surface area contributed by atoms with E-state index < -0.39 is 0 Å². The molecular weight excluding hydrogens is 194 g/mol. The Kier molecular flexibility index (Phi) is 2.68. The Bertz CT molecular complexity index is 425. The zero-order valence-electron chi connectivity index (χ0n) is 7.87. The van der Waals surface area contributed by atoms with E-state index >= 15 is 0 Å². The standard InChI is InChI=1S/C9H9N5O/c15-9(6-14-7-10-12-13-14)11-8-4-2-1-3-5-8/h1-5,7H,6H2,(H,11,15). The molecule has 1 N–H and O–H groups in total. The predicted octanol–water partition coefficient (Wildman–Crippen LogP) is 0.312. The Labute approximate surface area is 85.9 Å². The molecule has 0 saturated heterocycles. The minimum absolute atomic E-state index is 0.113. The van der Waals surface area contributed by atoms with Crippen LogP contribution in [-0.2, 0) is 11.3 Å². The molecule has 0 unspecified atom stereocenters. The lowest BCUT2D eigenvalue weighted by atomic mass is 10.3. The fourth-order valence-corrected chi connectivity index (χ4v) is 1.12. The lowest BCUT2D eigenvalue weighted by Crippen LogP contribution is -2.19. The van der Waals surface area contributed by atoms with Gasteiger partial charge < -0.3 is 5.32 Å². The number of rotatable bonds is 3. The second-order valence-corrected chi connectivity index (χ2v) is 2.92. The largest absolute Gasteiger partial charge is 0.324 e. The fraction of sp³-hybridized carbons (Fsp3) is 0.111. The molecule has 1 amide bonds. The molecule has 0 radical (unpaired) electrons. The summed E-state index contributed by atoms with van der Waals surface area (Å²) in [4.78, 5) is 11.5. The first-order valence-electron chi connectivity index (χ1n) is 4.40. The van der Waals surface area contributed by atoms with Gasteiger partial charge in [-0.25, -0.2) is 4.68 Å². The zero-order chi connectivity index (χ0) is 10.5. The third-order valence-corrected chi connectivity index (χ3v) is 1.75. The summed E-state index contributed by atoms with van der Waals surface area (Å²) in [5.74, 6) is -0.159. The smallest absolute Gasteiger partial charge is 0.246 e. The number of tetrazole rings is 1. The molecule has 0 aliphatic carbocycles. The van der Waals surface area contributed by atoms with Gasteiger partial charge in [0.2, 0.25) is 5.91 Å². The number of carbonyl (C=O) groups is 1. The number of hydrogen-bond donors (Lipinski definition) is 1. The van der Waals surface area contributed by atoms with E-state index in [-0.39, 0.29) is 12.5 Å². The summed E-state index contributed by atoms with van der Waals surface area (Å²) in [6.07, 6.45) is 1.39. The van der Waals surface area contributed by atoms with E-state index in [1.807, 2.05) is 30.3 Å². The topological polar surface area (TPSA) is 72.7 Å². The van der Waals surface area contributed by atoms with Gasteiger partial charge in [0.1, 0.15) is 12.9 Å². The molecule has 6 heteroatoms. The van der Waals surface area contributed by atoms with Crippen molar-refractivity contribution in [3.05, 3.63) is 36.7 Å². The van der Waals surface area contributed by atoms with Crippen LogP contribution in [0.5, 0.6) is 0 Å². The van der Waals surface area contributed by atoms with Crippen LogP contribution in [0.1, 0.15) is 0 Å². The van der Waals surface area contributed by atoms with Crippen molar-refractivity contribution < 1.29 is 4.79 Å². The molecular formula is C9H9N5O. The summed E-state index contributed by atoms with van der Waals surface area (Å²) in [6.45, 7) is 0.113. The highest BCUT2D eigenvalue weighted by Gasteiger charge is 2.03. The summed E-state index contributed by atoms with van der Waals surface area (Å²) >= 11 is 0. The number of aromatic nitrogens is 4. The van der Waals surface area contributed by atoms with Crippen LogP contribution in [0.3, 0.4) is 0 Å². The van der Waals surface area contributed by atoms with E-state index in [9.17, 15) is 4.79 Å². The third-order valence-electron chi connectivity index (χ3n) is 1.75. The molecule has 1 heterocycles. The number of amides is 1. The molecule has 0 aliphatic heterocycles. The quantitative estimate of drug-likeness (QED) is 0.779. The summed E-state index contributed by atoms with van der Waals surface area (Å²) < 4.78 is 1.36. The molecule has 2 rings (SSSR count). The van der Waals surface area contributed by atoms with Gasteiger partial charge in [-0.15, -0.1) is 5.10 Å². The van der Waals surface area contributed by atoms with Crippen molar-refractivity contribution in [3.63, 3.8) is 0 Å². The second-order valence-electron chi connectivity index (χ2n) is 2.92. The minimum atomic E-state index is -0.159. The SMILES string of the molecule is O=C(Cn1cnnn1)Nc1ccccc1. The van der Waals surface area contributed by atoms with Gasteiger partial charge in [-0.2, -0.15) is 0 Å². The Morgan fingerprint density at radius 1 is 1.33 bits per heavy atom. The van der Waals surface area contributed by atoms with Gasteiger partial charge in [0.15, 0.2) is 0 Å². The van der Waals surface area contributed by atoms with Crippen LogP contribution in [-0.4, -0.2) is 26.1 Å². The first kappa shape index (κ1) is 9.32. The van der Waals surface area contributed by atoms with Gasteiger partial charge in [0.25, 0.3) is 0 Å². The van der Waals surface area contributed by atoms with Crippen LogP contribution < -0.4 is 5.32 Å². The van der Waals surface area contributed by atoms with E-state index in [0.29, 0.717) is 0 Å². The Hall–Kier alpha value is -2.24. The summed E-state index contributed by atoms with van der Waals surface area (Å²) in [6, 6.07) is 9.23.